The Morgan fingerprint density at radius 3 is 2.82 bits per heavy atom. The minimum atomic E-state index is -0.408. The van der Waals surface area contributed by atoms with Crippen LogP contribution in [0.15, 0.2) is 12.7 Å². The molecule has 0 aliphatic heterocycles. The van der Waals surface area contributed by atoms with Gasteiger partial charge in [-0.1, -0.05) is 13.5 Å². The van der Waals surface area contributed by atoms with Gasteiger partial charge in [0.2, 0.25) is 0 Å². The fourth-order valence-corrected chi connectivity index (χ4v) is 0.461. The topological polar surface area (TPSA) is 35.5 Å². The lowest BCUT2D eigenvalue weighted by molar-refractivity contribution is -0.139. The molecule has 0 fully saturated rings. The van der Waals surface area contributed by atoms with Crippen molar-refractivity contribution in [3.05, 3.63) is 19.1 Å². The van der Waals surface area contributed by atoms with E-state index in [9.17, 15) is 4.79 Å². The summed E-state index contributed by atoms with van der Waals surface area (Å²) in [7, 11) is 0. The second kappa shape index (κ2) is 7.28. The van der Waals surface area contributed by atoms with Gasteiger partial charge >= 0.3 is 5.97 Å². The van der Waals surface area contributed by atoms with Crippen LogP contribution in [0, 0.1) is 6.42 Å². The Balaban J connectivity index is 3.01. The third-order valence-electron chi connectivity index (χ3n) is 0.923. The molecule has 0 N–H and O–H groups in total. The van der Waals surface area contributed by atoms with Gasteiger partial charge in [-0.25, -0.2) is 4.79 Å². The average molecular weight is 157 g/mol. The zero-order chi connectivity index (χ0) is 8.53. The molecule has 3 nitrogen and oxygen atoms in total. The van der Waals surface area contributed by atoms with Gasteiger partial charge in [-0.3, -0.25) is 0 Å². The molecule has 0 heterocycles. The summed E-state index contributed by atoms with van der Waals surface area (Å²) in [5.41, 5.74) is 0. The first-order chi connectivity index (χ1) is 5.31. The van der Waals surface area contributed by atoms with Crippen molar-refractivity contribution in [3.63, 3.8) is 0 Å². The van der Waals surface area contributed by atoms with Crippen LogP contribution in [0.4, 0.5) is 0 Å². The van der Waals surface area contributed by atoms with Crippen molar-refractivity contribution in [1.29, 1.82) is 0 Å². The molecule has 0 aliphatic rings. The number of esters is 1. The monoisotopic (exact) mass is 157 g/mol. The van der Waals surface area contributed by atoms with Gasteiger partial charge in [0.15, 0.2) is 0 Å². The maximum Gasteiger partial charge on any atom is 0.330 e. The quantitative estimate of drug-likeness (QED) is 0.327. The molecular weight excluding hydrogens is 144 g/mol. The van der Waals surface area contributed by atoms with Crippen molar-refractivity contribution < 1.29 is 14.3 Å². The van der Waals surface area contributed by atoms with Crippen molar-refractivity contribution in [2.75, 3.05) is 19.8 Å². The van der Waals surface area contributed by atoms with E-state index in [1.165, 1.54) is 0 Å². The van der Waals surface area contributed by atoms with Crippen LogP contribution in [0.1, 0.15) is 6.92 Å². The smallest absolute Gasteiger partial charge is 0.330 e. The molecule has 0 unspecified atom stereocenters. The summed E-state index contributed by atoms with van der Waals surface area (Å²) in [6, 6.07) is 0. The zero-order valence-electron chi connectivity index (χ0n) is 6.71. The van der Waals surface area contributed by atoms with Gasteiger partial charge in [-0.2, -0.15) is 0 Å². The van der Waals surface area contributed by atoms with Crippen LogP contribution in [0.3, 0.4) is 0 Å². The van der Waals surface area contributed by atoms with Gasteiger partial charge < -0.3 is 9.47 Å². The molecule has 0 saturated carbocycles. The lowest BCUT2D eigenvalue weighted by atomic mass is 10.5. The minimum absolute atomic E-state index is 0.290. The molecule has 3 heteroatoms. The SMILES string of the molecule is C=CC(=O)OCCOC[CH]C. The Morgan fingerprint density at radius 2 is 2.27 bits per heavy atom. The second-order valence-electron chi connectivity index (χ2n) is 1.85. The third-order valence-corrected chi connectivity index (χ3v) is 0.923. The van der Waals surface area contributed by atoms with E-state index in [4.69, 9.17) is 4.74 Å². The molecule has 0 amide bonds. The van der Waals surface area contributed by atoms with Crippen molar-refractivity contribution in [3.8, 4) is 0 Å². The van der Waals surface area contributed by atoms with E-state index >= 15 is 0 Å². The second-order valence-corrected chi connectivity index (χ2v) is 1.85. The lowest BCUT2D eigenvalue weighted by Crippen LogP contribution is -2.08. The Hall–Kier alpha value is -0.830. The largest absolute Gasteiger partial charge is 0.460 e. The molecule has 0 saturated heterocycles. The summed E-state index contributed by atoms with van der Waals surface area (Å²) < 4.78 is 9.65. The summed E-state index contributed by atoms with van der Waals surface area (Å²) in [6.45, 7) is 6.47. The summed E-state index contributed by atoms with van der Waals surface area (Å²) in [5, 5.41) is 0. The summed E-state index contributed by atoms with van der Waals surface area (Å²) >= 11 is 0. The Labute approximate surface area is 67.0 Å². The molecule has 0 rings (SSSR count). The first-order valence-electron chi connectivity index (χ1n) is 3.46. The number of ether oxygens (including phenoxy) is 2. The maximum atomic E-state index is 10.4. The van der Waals surface area contributed by atoms with E-state index in [-0.39, 0.29) is 0 Å². The van der Waals surface area contributed by atoms with Crippen LogP contribution in [-0.4, -0.2) is 25.8 Å². The van der Waals surface area contributed by atoms with Gasteiger partial charge in [0.25, 0.3) is 0 Å². The normalized spacial score (nSPS) is 9.18. The van der Waals surface area contributed by atoms with E-state index in [1.54, 1.807) is 0 Å². The standard InChI is InChI=1S/C8H13O3/c1-3-5-10-6-7-11-8(9)4-2/h3-4H,2,5-7H2,1H3. The van der Waals surface area contributed by atoms with Crippen molar-refractivity contribution in [1.82, 2.24) is 0 Å². The van der Waals surface area contributed by atoms with Gasteiger partial charge in [0.05, 0.1) is 6.61 Å². The first kappa shape index (κ1) is 10.2. The zero-order valence-corrected chi connectivity index (χ0v) is 6.71. The molecular formula is C8H13O3. The predicted molar refractivity (Wildman–Crippen MR) is 41.9 cm³/mol. The average Bonchev–Trinajstić information content (AvgIpc) is 2.04. The highest BCUT2D eigenvalue weighted by molar-refractivity contribution is 5.81. The molecule has 1 radical (unpaired) electrons. The number of carbonyl (C=O) groups is 1. The van der Waals surface area contributed by atoms with Gasteiger partial charge in [0.1, 0.15) is 6.61 Å². The Bertz CT molecular complexity index is 121. The highest BCUT2D eigenvalue weighted by Gasteiger charge is 1.93. The van der Waals surface area contributed by atoms with Gasteiger partial charge in [-0.15, -0.1) is 0 Å². The third kappa shape index (κ3) is 7.06. The summed E-state index contributed by atoms with van der Waals surface area (Å²) in [4.78, 5) is 10.4. The predicted octanol–water partition coefficient (Wildman–Crippen LogP) is 0.956. The molecule has 0 spiro atoms. The Kier molecular flexibility index (Phi) is 6.73. The lowest BCUT2D eigenvalue weighted by Gasteiger charge is -2.01. The van der Waals surface area contributed by atoms with E-state index < -0.39 is 5.97 Å². The number of rotatable bonds is 6. The highest BCUT2D eigenvalue weighted by Crippen LogP contribution is 1.82. The van der Waals surface area contributed by atoms with Crippen LogP contribution in [0.25, 0.3) is 0 Å². The van der Waals surface area contributed by atoms with Crippen LogP contribution in [0.5, 0.6) is 0 Å². The number of hydrogen-bond donors (Lipinski definition) is 0. The molecule has 0 atom stereocenters. The van der Waals surface area contributed by atoms with Crippen molar-refractivity contribution in [2.45, 2.75) is 6.92 Å². The van der Waals surface area contributed by atoms with Crippen LogP contribution in [-0.2, 0) is 14.3 Å². The minimum Gasteiger partial charge on any atom is -0.460 e. The van der Waals surface area contributed by atoms with E-state index in [0.29, 0.717) is 19.8 Å². The molecule has 0 bridgehead atoms. The molecule has 0 aromatic rings. The molecule has 11 heavy (non-hydrogen) atoms. The molecule has 63 valence electrons. The van der Waals surface area contributed by atoms with Crippen molar-refractivity contribution in [2.24, 2.45) is 0 Å². The fourth-order valence-electron chi connectivity index (χ4n) is 0.461. The van der Waals surface area contributed by atoms with E-state index in [0.717, 1.165) is 6.08 Å². The van der Waals surface area contributed by atoms with Gasteiger partial charge in [0, 0.05) is 12.7 Å². The van der Waals surface area contributed by atoms with Crippen molar-refractivity contribution >= 4 is 5.97 Å². The molecule has 0 aromatic carbocycles. The first-order valence-corrected chi connectivity index (χ1v) is 3.46. The number of hydrogen-bond acceptors (Lipinski definition) is 3. The number of carbonyl (C=O) groups excluding carboxylic acids is 1. The molecule has 0 aromatic heterocycles. The van der Waals surface area contributed by atoms with E-state index in [2.05, 4.69) is 11.3 Å². The van der Waals surface area contributed by atoms with Crippen LogP contribution in [0.2, 0.25) is 0 Å². The summed E-state index contributed by atoms with van der Waals surface area (Å²) in [5.74, 6) is -0.408. The van der Waals surface area contributed by atoms with Crippen LogP contribution < -0.4 is 0 Å². The highest BCUT2D eigenvalue weighted by atomic mass is 16.6. The maximum absolute atomic E-state index is 10.4. The van der Waals surface area contributed by atoms with Crippen LogP contribution >= 0.6 is 0 Å². The fraction of sp³-hybridized carbons (Fsp3) is 0.500. The Morgan fingerprint density at radius 1 is 1.55 bits per heavy atom. The van der Waals surface area contributed by atoms with E-state index in [1.807, 2.05) is 13.3 Å². The summed E-state index contributed by atoms with van der Waals surface area (Å²) in [6.07, 6.45) is 3.02. The molecule has 0 aliphatic carbocycles. The van der Waals surface area contributed by atoms with Gasteiger partial charge in [-0.05, 0) is 6.42 Å².